The maximum atomic E-state index is 12.9. The van der Waals surface area contributed by atoms with Crippen LogP contribution < -0.4 is 19.7 Å². The third kappa shape index (κ3) is 5.33. The Morgan fingerprint density at radius 1 is 1.00 bits per heavy atom. The van der Waals surface area contributed by atoms with Crippen molar-refractivity contribution in [2.24, 2.45) is 0 Å². The number of nitrogens with zero attached hydrogens (tertiary/aromatic N) is 2. The number of piperazine rings is 1. The first kappa shape index (κ1) is 23.2. The van der Waals surface area contributed by atoms with Crippen LogP contribution in [0, 0.1) is 0 Å². The zero-order valence-corrected chi connectivity index (χ0v) is 18.3. The lowest BCUT2D eigenvalue weighted by Crippen LogP contribution is -2.50. The van der Waals surface area contributed by atoms with Crippen LogP contribution in [0.15, 0.2) is 42.5 Å². The minimum atomic E-state index is -4.44. The van der Waals surface area contributed by atoms with Gasteiger partial charge in [-0.1, -0.05) is 6.07 Å². The molecular formula is C21H22F3N3O5S. The minimum absolute atomic E-state index is 0.0799. The molecule has 0 aliphatic carbocycles. The number of benzene rings is 2. The fourth-order valence-electron chi connectivity index (χ4n) is 3.67. The first-order chi connectivity index (χ1) is 15.6. The van der Waals surface area contributed by atoms with Gasteiger partial charge in [0.2, 0.25) is 16.8 Å². The molecule has 0 atom stereocenters. The molecule has 2 aromatic rings. The van der Waals surface area contributed by atoms with Gasteiger partial charge in [-0.25, -0.2) is 8.42 Å². The topological polar surface area (TPSA) is 88.2 Å². The second-order valence-electron chi connectivity index (χ2n) is 7.57. The van der Waals surface area contributed by atoms with Crippen LogP contribution in [0.3, 0.4) is 0 Å². The minimum Gasteiger partial charge on any atom is -0.454 e. The van der Waals surface area contributed by atoms with Crippen LogP contribution >= 0.6 is 0 Å². The van der Waals surface area contributed by atoms with E-state index in [1.165, 1.54) is 16.4 Å². The van der Waals surface area contributed by atoms with Crippen LogP contribution in [0.1, 0.15) is 15.9 Å². The van der Waals surface area contributed by atoms with Crippen LogP contribution in [-0.4, -0.2) is 63.9 Å². The lowest BCUT2D eigenvalue weighted by Gasteiger charge is -2.35. The molecule has 1 N–H and O–H groups in total. The number of amides is 1. The highest BCUT2D eigenvalue weighted by atomic mass is 32.2. The predicted octanol–water partition coefficient (Wildman–Crippen LogP) is 2.32. The zero-order chi connectivity index (χ0) is 23.6. The number of rotatable bonds is 6. The predicted molar refractivity (Wildman–Crippen MR) is 114 cm³/mol. The fraction of sp³-hybridized carbons (Fsp3) is 0.381. The summed E-state index contributed by atoms with van der Waals surface area (Å²) in [6.07, 6.45) is -4.44. The van der Waals surface area contributed by atoms with Gasteiger partial charge in [-0.2, -0.15) is 17.5 Å². The number of carbonyl (C=O) groups is 1. The largest absolute Gasteiger partial charge is 0.454 e. The van der Waals surface area contributed by atoms with Gasteiger partial charge in [-0.05, 0) is 36.4 Å². The summed E-state index contributed by atoms with van der Waals surface area (Å²) in [6, 6.07) is 9.68. The Morgan fingerprint density at radius 2 is 1.73 bits per heavy atom. The van der Waals surface area contributed by atoms with E-state index in [0.717, 1.165) is 12.1 Å². The standard InChI is InChI=1S/C21H22F3N3O5S/c22-21(23,24)16-2-1-3-17(13-16)26-7-9-27(10-8-26)33(29,30)11-6-25-20(28)15-4-5-18-19(12-15)32-14-31-18/h1-5,12-13H,6-11,14H2,(H,25,28). The summed E-state index contributed by atoms with van der Waals surface area (Å²) in [5.74, 6) is 0.275. The number of nitrogens with one attached hydrogen (secondary N) is 1. The third-order valence-corrected chi connectivity index (χ3v) is 7.32. The van der Waals surface area contributed by atoms with E-state index >= 15 is 0 Å². The fourth-order valence-corrected chi connectivity index (χ4v) is 5.00. The maximum absolute atomic E-state index is 12.9. The summed E-state index contributed by atoms with van der Waals surface area (Å²) >= 11 is 0. The van der Waals surface area contributed by atoms with E-state index in [-0.39, 0.29) is 45.3 Å². The van der Waals surface area contributed by atoms with Crippen molar-refractivity contribution in [2.75, 3.05) is 50.2 Å². The van der Waals surface area contributed by atoms with Crippen LogP contribution in [0.25, 0.3) is 0 Å². The number of hydrogen-bond acceptors (Lipinski definition) is 6. The molecule has 1 saturated heterocycles. The van der Waals surface area contributed by atoms with Crippen molar-refractivity contribution in [3.05, 3.63) is 53.6 Å². The molecule has 0 radical (unpaired) electrons. The first-order valence-corrected chi connectivity index (χ1v) is 11.8. The summed E-state index contributed by atoms with van der Waals surface area (Å²) in [5.41, 5.74) is -0.0162. The van der Waals surface area contributed by atoms with Crippen molar-refractivity contribution in [1.82, 2.24) is 9.62 Å². The van der Waals surface area contributed by atoms with E-state index in [1.54, 1.807) is 23.1 Å². The molecule has 1 fully saturated rings. The maximum Gasteiger partial charge on any atom is 0.416 e. The molecule has 2 heterocycles. The quantitative estimate of drug-likeness (QED) is 0.676. The molecule has 0 bridgehead atoms. The Bertz CT molecular complexity index is 1130. The van der Waals surface area contributed by atoms with Gasteiger partial charge in [0.1, 0.15) is 0 Å². The Morgan fingerprint density at radius 3 is 2.45 bits per heavy atom. The molecule has 8 nitrogen and oxygen atoms in total. The van der Waals surface area contributed by atoms with E-state index < -0.39 is 27.7 Å². The average molecular weight is 485 g/mol. The number of sulfonamides is 1. The van der Waals surface area contributed by atoms with E-state index in [1.807, 2.05) is 0 Å². The number of halogens is 3. The van der Waals surface area contributed by atoms with Gasteiger partial charge in [0, 0.05) is 44.0 Å². The van der Waals surface area contributed by atoms with Crippen molar-refractivity contribution in [3.63, 3.8) is 0 Å². The molecule has 0 spiro atoms. The smallest absolute Gasteiger partial charge is 0.416 e. The van der Waals surface area contributed by atoms with Gasteiger partial charge in [-0.3, -0.25) is 4.79 Å². The Balaban J connectivity index is 1.28. The number of ether oxygens (including phenoxy) is 2. The molecule has 2 aliphatic heterocycles. The number of hydrogen-bond donors (Lipinski definition) is 1. The second kappa shape index (κ2) is 9.10. The van der Waals surface area contributed by atoms with Gasteiger partial charge in [0.25, 0.3) is 5.91 Å². The molecular weight excluding hydrogens is 463 g/mol. The van der Waals surface area contributed by atoms with Crippen LogP contribution in [-0.2, 0) is 16.2 Å². The normalized spacial score (nSPS) is 16.6. The first-order valence-electron chi connectivity index (χ1n) is 10.2. The molecule has 33 heavy (non-hydrogen) atoms. The lowest BCUT2D eigenvalue weighted by molar-refractivity contribution is -0.137. The Hall–Kier alpha value is -2.99. The highest BCUT2D eigenvalue weighted by molar-refractivity contribution is 7.89. The molecule has 12 heteroatoms. The number of anilines is 1. The number of alkyl halides is 3. The van der Waals surface area contributed by atoms with E-state index in [4.69, 9.17) is 9.47 Å². The average Bonchev–Trinajstić information content (AvgIpc) is 3.26. The summed E-state index contributed by atoms with van der Waals surface area (Å²) in [7, 11) is -3.64. The van der Waals surface area contributed by atoms with E-state index in [0.29, 0.717) is 22.7 Å². The van der Waals surface area contributed by atoms with E-state index in [2.05, 4.69) is 5.32 Å². The molecule has 2 aromatic carbocycles. The number of carbonyl (C=O) groups excluding carboxylic acids is 1. The van der Waals surface area contributed by atoms with Crippen molar-refractivity contribution in [2.45, 2.75) is 6.18 Å². The van der Waals surface area contributed by atoms with Crippen molar-refractivity contribution in [1.29, 1.82) is 0 Å². The highest BCUT2D eigenvalue weighted by Gasteiger charge is 2.32. The summed E-state index contributed by atoms with van der Waals surface area (Å²) < 4.78 is 75.9. The second-order valence-corrected chi connectivity index (χ2v) is 9.66. The Labute approximate surface area is 188 Å². The van der Waals surface area contributed by atoms with Gasteiger partial charge < -0.3 is 19.7 Å². The molecule has 0 saturated carbocycles. The molecule has 178 valence electrons. The van der Waals surface area contributed by atoms with Crippen LogP contribution in [0.5, 0.6) is 11.5 Å². The van der Waals surface area contributed by atoms with Gasteiger partial charge in [-0.15, -0.1) is 0 Å². The third-order valence-electron chi connectivity index (χ3n) is 5.45. The molecule has 0 unspecified atom stereocenters. The van der Waals surface area contributed by atoms with Crippen LogP contribution in [0.2, 0.25) is 0 Å². The molecule has 0 aromatic heterocycles. The zero-order valence-electron chi connectivity index (χ0n) is 17.5. The lowest BCUT2D eigenvalue weighted by atomic mass is 10.1. The monoisotopic (exact) mass is 485 g/mol. The van der Waals surface area contributed by atoms with E-state index in [9.17, 15) is 26.4 Å². The summed E-state index contributed by atoms with van der Waals surface area (Å²) in [6.45, 7) is 0.834. The molecule has 4 rings (SSSR count). The SMILES string of the molecule is O=C(NCCS(=O)(=O)N1CCN(c2cccc(C(F)(F)F)c2)CC1)c1ccc2c(c1)OCO2. The van der Waals surface area contributed by atoms with Gasteiger partial charge >= 0.3 is 6.18 Å². The Kier molecular flexibility index (Phi) is 6.39. The molecule has 2 aliphatic rings. The van der Waals surface area contributed by atoms with Crippen molar-refractivity contribution < 1.29 is 35.9 Å². The number of fused-ring (bicyclic) bond motifs is 1. The van der Waals surface area contributed by atoms with Crippen LogP contribution in [0.4, 0.5) is 18.9 Å². The van der Waals surface area contributed by atoms with Crippen molar-refractivity contribution >= 4 is 21.6 Å². The molecule has 1 amide bonds. The summed E-state index contributed by atoms with van der Waals surface area (Å²) in [4.78, 5) is 14.0. The van der Waals surface area contributed by atoms with Gasteiger partial charge in [0.05, 0.1) is 11.3 Å². The highest BCUT2D eigenvalue weighted by Crippen LogP contribution is 2.33. The van der Waals surface area contributed by atoms with Gasteiger partial charge in [0.15, 0.2) is 11.5 Å². The van der Waals surface area contributed by atoms with Crippen molar-refractivity contribution in [3.8, 4) is 11.5 Å². The summed E-state index contributed by atoms with van der Waals surface area (Å²) in [5, 5.41) is 2.58.